The summed E-state index contributed by atoms with van der Waals surface area (Å²) in [7, 11) is 0.712. The van der Waals surface area contributed by atoms with Crippen LogP contribution in [-0.4, -0.2) is 51.8 Å². The van der Waals surface area contributed by atoms with Crippen LogP contribution >= 0.6 is 16.5 Å². The lowest BCUT2D eigenvalue weighted by molar-refractivity contribution is -0.200. The van der Waals surface area contributed by atoms with E-state index in [9.17, 15) is 5.11 Å². The third-order valence-corrected chi connectivity index (χ3v) is 10.1. The zero-order valence-electron chi connectivity index (χ0n) is 24.1. The van der Waals surface area contributed by atoms with E-state index < -0.39 is 5.79 Å². The minimum Gasteiger partial charge on any atom is -0.375 e. The lowest BCUT2D eigenvalue weighted by Crippen LogP contribution is -2.34. The minimum absolute atomic E-state index is 0.0291. The van der Waals surface area contributed by atoms with Gasteiger partial charge in [0, 0.05) is 5.66 Å². The van der Waals surface area contributed by atoms with Gasteiger partial charge in [0.1, 0.15) is 0 Å². The molecule has 0 heterocycles. The first-order chi connectivity index (χ1) is 15.0. The molecule has 0 spiro atoms. The molecule has 0 bridgehead atoms. The molecule has 196 valence electrons. The summed E-state index contributed by atoms with van der Waals surface area (Å²) < 4.78 is 11.5. The van der Waals surface area contributed by atoms with Gasteiger partial charge in [0.05, 0.1) is 18.3 Å². The highest BCUT2D eigenvalue weighted by Crippen LogP contribution is 2.54. The molecule has 0 aliphatic rings. The van der Waals surface area contributed by atoms with Crippen molar-refractivity contribution in [3.05, 3.63) is 35.7 Å². The van der Waals surface area contributed by atoms with Crippen molar-refractivity contribution in [1.29, 1.82) is 0 Å². The standard InChI is InChI=1S/C18H33O2P.C10H23OP/c1-9-10-11-12-13-15(4)21(14(2)3)17(6)16(5)20-18(7,8)19;1-7(2)11-9(5)10(6)12-8(3)4/h9-14,16-17,19H,1-8H3;7-10,12H,1-6H3/b10-9-,12-11-,15-13+;. The van der Waals surface area contributed by atoms with Gasteiger partial charge in [-0.05, 0) is 77.7 Å². The number of hydrogen-bond donors (Lipinski definition) is 1. The number of aliphatic hydroxyl groups is 1. The Morgan fingerprint density at radius 3 is 1.82 bits per heavy atom. The van der Waals surface area contributed by atoms with Crippen LogP contribution in [0.1, 0.15) is 96.9 Å². The van der Waals surface area contributed by atoms with Crippen molar-refractivity contribution in [2.24, 2.45) is 0 Å². The number of ether oxygens (including phenoxy) is 2. The molecule has 0 aromatic heterocycles. The minimum atomic E-state index is -1.07. The van der Waals surface area contributed by atoms with Gasteiger partial charge in [-0.2, -0.15) is 0 Å². The largest absolute Gasteiger partial charge is 0.375 e. The first-order valence-corrected chi connectivity index (χ1v) is 15.2. The first kappa shape index (κ1) is 35.1. The van der Waals surface area contributed by atoms with Crippen LogP contribution in [0.5, 0.6) is 0 Å². The molecule has 0 rings (SSSR count). The monoisotopic (exact) mass is 502 g/mol. The van der Waals surface area contributed by atoms with Gasteiger partial charge in [-0.3, -0.25) is 0 Å². The maximum absolute atomic E-state index is 9.85. The molecule has 6 unspecified atom stereocenters. The van der Waals surface area contributed by atoms with Crippen LogP contribution in [0.2, 0.25) is 0 Å². The van der Waals surface area contributed by atoms with Gasteiger partial charge in [-0.15, -0.1) is 8.58 Å². The SMILES string of the molecule is CC(C)OC(C)C(C)PC(C)C.C\C=C/C=C\C=C(/C)P(C(C)C)C(C)C(C)OC(C)(C)O. The molecular weight excluding hydrogens is 446 g/mol. The van der Waals surface area contributed by atoms with Crippen LogP contribution in [0, 0.1) is 0 Å². The van der Waals surface area contributed by atoms with Crippen LogP contribution in [0.25, 0.3) is 0 Å². The number of allylic oxidation sites excluding steroid dienone is 6. The van der Waals surface area contributed by atoms with E-state index in [1.165, 1.54) is 5.31 Å². The number of hydrogen-bond acceptors (Lipinski definition) is 3. The summed E-state index contributed by atoms with van der Waals surface area (Å²) in [6, 6.07) is 0. The highest BCUT2D eigenvalue weighted by atomic mass is 31.1. The molecule has 33 heavy (non-hydrogen) atoms. The molecule has 0 aliphatic carbocycles. The van der Waals surface area contributed by atoms with Gasteiger partial charge in [0.25, 0.3) is 0 Å². The normalized spacial score (nSPS) is 18.4. The highest BCUT2D eigenvalue weighted by molar-refractivity contribution is 7.63. The second-order valence-electron chi connectivity index (χ2n) is 10.2. The van der Waals surface area contributed by atoms with E-state index >= 15 is 0 Å². The molecule has 0 fully saturated rings. The van der Waals surface area contributed by atoms with E-state index in [4.69, 9.17) is 9.47 Å². The predicted octanol–water partition coefficient (Wildman–Crippen LogP) is 8.71. The van der Waals surface area contributed by atoms with E-state index in [-0.39, 0.29) is 14.0 Å². The maximum atomic E-state index is 9.85. The van der Waals surface area contributed by atoms with Gasteiger partial charge in [-0.1, -0.05) is 79.8 Å². The molecule has 6 atom stereocenters. The topological polar surface area (TPSA) is 38.7 Å². The fourth-order valence-electron chi connectivity index (χ4n) is 3.64. The molecule has 3 nitrogen and oxygen atoms in total. The van der Waals surface area contributed by atoms with Crippen molar-refractivity contribution in [2.45, 2.75) is 144 Å². The summed E-state index contributed by atoms with van der Waals surface area (Å²) >= 11 is 0. The maximum Gasteiger partial charge on any atom is 0.160 e. The summed E-state index contributed by atoms with van der Waals surface area (Å²) in [5.74, 6) is -1.07. The Bertz CT molecular complexity index is 560. The van der Waals surface area contributed by atoms with Gasteiger partial charge >= 0.3 is 0 Å². The quantitative estimate of drug-likeness (QED) is 0.155. The third kappa shape index (κ3) is 18.9. The van der Waals surface area contributed by atoms with Crippen molar-refractivity contribution in [2.75, 3.05) is 0 Å². The first-order valence-electron chi connectivity index (χ1n) is 12.6. The Labute approximate surface area is 210 Å². The van der Waals surface area contributed by atoms with Crippen molar-refractivity contribution in [1.82, 2.24) is 0 Å². The van der Waals surface area contributed by atoms with E-state index in [2.05, 4.69) is 94.4 Å². The van der Waals surface area contributed by atoms with Crippen LogP contribution in [-0.2, 0) is 9.47 Å². The van der Waals surface area contributed by atoms with Gasteiger partial charge in [-0.25, -0.2) is 0 Å². The van der Waals surface area contributed by atoms with E-state index in [0.29, 0.717) is 29.2 Å². The molecule has 0 amide bonds. The molecule has 0 aromatic rings. The Morgan fingerprint density at radius 2 is 1.42 bits per heavy atom. The fourth-order valence-corrected chi connectivity index (χ4v) is 8.21. The zero-order chi connectivity index (χ0) is 26.4. The Balaban J connectivity index is 0. The Morgan fingerprint density at radius 1 is 0.879 bits per heavy atom. The highest BCUT2D eigenvalue weighted by Gasteiger charge is 2.29. The molecule has 0 radical (unpaired) electrons. The van der Waals surface area contributed by atoms with Gasteiger partial charge in [0.15, 0.2) is 5.79 Å². The van der Waals surface area contributed by atoms with Crippen LogP contribution in [0.15, 0.2) is 35.7 Å². The van der Waals surface area contributed by atoms with Crippen LogP contribution in [0.4, 0.5) is 0 Å². The molecule has 5 heteroatoms. The second kappa shape index (κ2) is 18.3. The summed E-state index contributed by atoms with van der Waals surface area (Å²) in [6.07, 6.45) is 11.2. The predicted molar refractivity (Wildman–Crippen MR) is 155 cm³/mol. The average Bonchev–Trinajstić information content (AvgIpc) is 2.63. The van der Waals surface area contributed by atoms with E-state index in [1.54, 1.807) is 13.8 Å². The van der Waals surface area contributed by atoms with Crippen molar-refractivity contribution in [3.8, 4) is 0 Å². The Kier molecular flexibility index (Phi) is 19.4. The summed E-state index contributed by atoms with van der Waals surface area (Å²) in [6.45, 7) is 29.6. The molecule has 0 saturated carbocycles. The average molecular weight is 503 g/mol. The molecule has 1 N–H and O–H groups in total. The van der Waals surface area contributed by atoms with Crippen molar-refractivity contribution in [3.63, 3.8) is 0 Å². The Hall–Kier alpha value is -0.0400. The summed E-state index contributed by atoms with van der Waals surface area (Å²) in [5, 5.41) is 11.3. The summed E-state index contributed by atoms with van der Waals surface area (Å²) in [4.78, 5) is 0. The number of rotatable bonds is 13. The smallest absolute Gasteiger partial charge is 0.160 e. The van der Waals surface area contributed by atoms with E-state index in [1.807, 2.05) is 19.1 Å². The molecular formula is C28H56O3P2. The zero-order valence-corrected chi connectivity index (χ0v) is 26.0. The molecule has 0 aromatic carbocycles. The molecule has 0 aliphatic heterocycles. The molecule has 0 saturated heterocycles. The third-order valence-electron chi connectivity index (χ3n) is 5.10. The van der Waals surface area contributed by atoms with E-state index in [0.717, 1.165) is 14.2 Å². The lowest BCUT2D eigenvalue weighted by atomic mass is 10.3. The van der Waals surface area contributed by atoms with Crippen LogP contribution < -0.4 is 0 Å². The van der Waals surface area contributed by atoms with Crippen LogP contribution in [0.3, 0.4) is 0 Å². The van der Waals surface area contributed by atoms with Crippen molar-refractivity contribution < 1.29 is 14.6 Å². The lowest BCUT2D eigenvalue weighted by Gasteiger charge is -2.35. The summed E-state index contributed by atoms with van der Waals surface area (Å²) in [5.41, 5.74) is 2.50. The van der Waals surface area contributed by atoms with Gasteiger partial charge in [0.2, 0.25) is 0 Å². The fraction of sp³-hybridized carbons (Fsp3) is 0.786. The van der Waals surface area contributed by atoms with Gasteiger partial charge < -0.3 is 14.6 Å². The second-order valence-corrected chi connectivity index (χ2v) is 16.0. The van der Waals surface area contributed by atoms with Crippen molar-refractivity contribution >= 4 is 16.5 Å².